The molecule has 0 saturated carbocycles. The number of halogens is 4. The summed E-state index contributed by atoms with van der Waals surface area (Å²) < 4.78 is 39.7. The summed E-state index contributed by atoms with van der Waals surface area (Å²) in [5.74, 6) is 4.62. The van der Waals surface area contributed by atoms with E-state index in [0.29, 0.717) is 31.9 Å². The molecule has 1 fully saturated rings. The van der Waals surface area contributed by atoms with Gasteiger partial charge in [0.2, 0.25) is 5.78 Å². The summed E-state index contributed by atoms with van der Waals surface area (Å²) in [4.78, 5) is 13.9. The van der Waals surface area contributed by atoms with Crippen molar-refractivity contribution in [2.24, 2.45) is 5.84 Å². The molecular weight excluding hydrogens is 403 g/mol. The SMILES string of the molecule is CCC(=O)c1c(C(F)(F)F)[n+]([O-])c2cc(Cl)c(N3CCN(N)CC3)cc2[n+]1[O-]. The highest BCUT2D eigenvalue weighted by Crippen LogP contribution is 2.33. The molecule has 1 aromatic heterocycles. The molecular formula is C16H17ClF3N5O3. The lowest BCUT2D eigenvalue weighted by Crippen LogP contribution is -2.51. The molecule has 1 saturated heterocycles. The highest BCUT2D eigenvalue weighted by molar-refractivity contribution is 6.34. The maximum Gasteiger partial charge on any atom is 0.486 e. The fraction of sp³-hybridized carbons (Fsp3) is 0.438. The molecule has 2 heterocycles. The number of piperazine rings is 1. The van der Waals surface area contributed by atoms with Crippen LogP contribution in [0, 0.1) is 10.4 Å². The van der Waals surface area contributed by atoms with Gasteiger partial charge in [0.15, 0.2) is 0 Å². The van der Waals surface area contributed by atoms with Crippen LogP contribution in [0.3, 0.4) is 0 Å². The average molecular weight is 420 g/mol. The van der Waals surface area contributed by atoms with E-state index in [4.69, 9.17) is 17.4 Å². The summed E-state index contributed by atoms with van der Waals surface area (Å²) in [6.45, 7) is 3.28. The van der Waals surface area contributed by atoms with Crippen LogP contribution in [-0.4, -0.2) is 37.0 Å². The van der Waals surface area contributed by atoms with Crippen molar-refractivity contribution < 1.29 is 27.4 Å². The van der Waals surface area contributed by atoms with Gasteiger partial charge in [-0.25, -0.2) is 5.01 Å². The molecule has 0 unspecified atom stereocenters. The largest absolute Gasteiger partial charge is 0.618 e. The summed E-state index contributed by atoms with van der Waals surface area (Å²) in [5, 5.41) is 26.8. The molecule has 0 atom stereocenters. The van der Waals surface area contributed by atoms with E-state index in [9.17, 15) is 28.4 Å². The van der Waals surface area contributed by atoms with E-state index < -0.39 is 33.6 Å². The fourth-order valence-corrected chi connectivity index (χ4v) is 3.44. The maximum absolute atomic E-state index is 13.4. The minimum atomic E-state index is -5.19. The van der Waals surface area contributed by atoms with Gasteiger partial charge in [0, 0.05) is 44.7 Å². The van der Waals surface area contributed by atoms with E-state index in [1.54, 1.807) is 9.91 Å². The van der Waals surface area contributed by atoms with Crippen LogP contribution >= 0.6 is 11.6 Å². The van der Waals surface area contributed by atoms with Gasteiger partial charge in [-0.05, 0) is 0 Å². The van der Waals surface area contributed by atoms with Crippen LogP contribution in [0.4, 0.5) is 18.9 Å². The predicted molar refractivity (Wildman–Crippen MR) is 94.5 cm³/mol. The number of carbonyl (C=O) groups excluding carboxylic acids is 1. The molecule has 28 heavy (non-hydrogen) atoms. The Hall–Kier alpha value is -2.37. The first-order valence-corrected chi connectivity index (χ1v) is 8.81. The summed E-state index contributed by atoms with van der Waals surface area (Å²) in [5.41, 5.74) is -3.63. The minimum absolute atomic E-state index is 0.0188. The summed E-state index contributed by atoms with van der Waals surface area (Å²) in [7, 11) is 0. The van der Waals surface area contributed by atoms with Crippen LogP contribution in [0.1, 0.15) is 29.5 Å². The molecule has 2 aromatic rings. The third-order valence-corrected chi connectivity index (χ3v) is 4.92. The van der Waals surface area contributed by atoms with Gasteiger partial charge >= 0.3 is 17.6 Å². The van der Waals surface area contributed by atoms with Crippen molar-refractivity contribution in [2.75, 3.05) is 31.1 Å². The number of rotatable bonds is 3. The number of alkyl halides is 3. The van der Waals surface area contributed by atoms with Gasteiger partial charge in [-0.1, -0.05) is 18.5 Å². The highest BCUT2D eigenvalue weighted by Gasteiger charge is 2.51. The number of ketones is 1. The van der Waals surface area contributed by atoms with Crippen molar-refractivity contribution >= 4 is 34.1 Å². The zero-order chi connectivity index (χ0) is 20.8. The second-order valence-electron chi connectivity index (χ2n) is 6.38. The Morgan fingerprint density at radius 3 is 2.29 bits per heavy atom. The van der Waals surface area contributed by atoms with Crippen molar-refractivity contribution in [3.8, 4) is 0 Å². The highest BCUT2D eigenvalue weighted by atomic mass is 35.5. The quantitative estimate of drug-likeness (QED) is 0.349. The molecule has 0 amide bonds. The van der Waals surface area contributed by atoms with Gasteiger partial charge < -0.3 is 15.3 Å². The lowest BCUT2D eigenvalue weighted by atomic mass is 10.1. The van der Waals surface area contributed by atoms with Crippen LogP contribution in [0.2, 0.25) is 5.02 Å². The second kappa shape index (κ2) is 7.22. The van der Waals surface area contributed by atoms with Crippen molar-refractivity contribution in [2.45, 2.75) is 19.5 Å². The third-order valence-electron chi connectivity index (χ3n) is 4.62. The number of carbonyl (C=O) groups is 1. The number of hydrogen-bond donors (Lipinski definition) is 1. The van der Waals surface area contributed by atoms with Gasteiger partial charge in [0.25, 0.3) is 11.0 Å². The zero-order valence-corrected chi connectivity index (χ0v) is 15.5. The number of benzene rings is 1. The standard InChI is InChI=1S/C16H17ClF3N5O3/c1-2-13(26)14-15(16(18,19)20)25(28)11-7-9(17)10(8-12(11)24(14)27)22-3-5-23(21)6-4-22/h7-8H,2-6,21H2,1H3. The minimum Gasteiger partial charge on any atom is -0.618 e. The summed E-state index contributed by atoms with van der Waals surface area (Å²) in [6, 6.07) is 2.25. The summed E-state index contributed by atoms with van der Waals surface area (Å²) in [6.07, 6.45) is -5.55. The Labute approximate surface area is 162 Å². The Morgan fingerprint density at radius 2 is 1.75 bits per heavy atom. The van der Waals surface area contributed by atoms with Gasteiger partial charge in [-0.3, -0.25) is 10.6 Å². The Bertz CT molecular complexity index is 946. The molecule has 3 rings (SSSR count). The van der Waals surface area contributed by atoms with E-state index in [-0.39, 0.29) is 21.7 Å². The lowest BCUT2D eigenvalue weighted by Gasteiger charge is -2.34. The molecule has 8 nitrogen and oxygen atoms in total. The first-order valence-electron chi connectivity index (χ1n) is 8.43. The first kappa shape index (κ1) is 20.4. The van der Waals surface area contributed by atoms with Crippen LogP contribution in [0.25, 0.3) is 11.0 Å². The Balaban J connectivity index is 2.29. The average Bonchev–Trinajstić information content (AvgIpc) is 2.63. The van der Waals surface area contributed by atoms with Gasteiger partial charge in [-0.2, -0.15) is 17.9 Å². The number of Topliss-reactive ketones (excluding diaryl/α,β-unsaturated/α-hetero) is 1. The van der Waals surface area contributed by atoms with Crippen molar-refractivity contribution in [3.05, 3.63) is 39.0 Å². The normalized spacial score (nSPS) is 16.0. The molecule has 152 valence electrons. The van der Waals surface area contributed by atoms with Crippen LogP contribution in [0.5, 0.6) is 0 Å². The molecule has 2 N–H and O–H groups in total. The Kier molecular flexibility index (Phi) is 5.26. The van der Waals surface area contributed by atoms with E-state index >= 15 is 0 Å². The number of nitrogens with zero attached hydrogens (tertiary/aromatic N) is 4. The fourth-order valence-electron chi connectivity index (χ4n) is 3.17. The molecule has 0 aliphatic carbocycles. The Morgan fingerprint density at radius 1 is 1.18 bits per heavy atom. The van der Waals surface area contributed by atoms with Crippen molar-refractivity contribution in [3.63, 3.8) is 0 Å². The molecule has 12 heteroatoms. The van der Waals surface area contributed by atoms with E-state index in [1.807, 2.05) is 0 Å². The number of hydrazine groups is 1. The topological polar surface area (TPSA) is 103 Å². The zero-order valence-electron chi connectivity index (χ0n) is 14.8. The van der Waals surface area contributed by atoms with Crippen LogP contribution in [0.15, 0.2) is 12.1 Å². The van der Waals surface area contributed by atoms with E-state index in [2.05, 4.69) is 0 Å². The predicted octanol–water partition coefficient (Wildman–Crippen LogP) is 1.37. The molecule has 1 aromatic carbocycles. The monoisotopic (exact) mass is 419 g/mol. The molecule has 0 spiro atoms. The number of hydrogen-bond acceptors (Lipinski definition) is 6. The smallest absolute Gasteiger partial charge is 0.486 e. The second-order valence-corrected chi connectivity index (χ2v) is 6.78. The van der Waals surface area contributed by atoms with E-state index in [0.717, 1.165) is 6.07 Å². The number of aromatic nitrogens is 2. The first-order chi connectivity index (χ1) is 13.1. The van der Waals surface area contributed by atoms with Gasteiger partial charge in [-0.15, -0.1) is 4.73 Å². The molecule has 1 aliphatic rings. The number of nitrogens with two attached hydrogens (primary N) is 1. The van der Waals surface area contributed by atoms with Gasteiger partial charge in [0.1, 0.15) is 0 Å². The summed E-state index contributed by atoms with van der Waals surface area (Å²) >= 11 is 6.20. The van der Waals surface area contributed by atoms with E-state index in [1.165, 1.54) is 13.0 Å². The third kappa shape index (κ3) is 3.40. The molecule has 0 radical (unpaired) electrons. The lowest BCUT2D eigenvalue weighted by molar-refractivity contribution is -0.647. The van der Waals surface area contributed by atoms with Gasteiger partial charge in [0.05, 0.1) is 10.7 Å². The van der Waals surface area contributed by atoms with Crippen molar-refractivity contribution in [1.82, 2.24) is 5.01 Å². The number of fused-ring (bicyclic) bond motifs is 1. The maximum atomic E-state index is 13.4. The molecule has 1 aliphatic heterocycles. The van der Waals surface area contributed by atoms with Crippen LogP contribution in [-0.2, 0) is 6.18 Å². The van der Waals surface area contributed by atoms with Crippen molar-refractivity contribution in [1.29, 1.82) is 0 Å². The number of anilines is 1. The molecule has 0 bridgehead atoms. The van der Waals surface area contributed by atoms with Crippen LogP contribution < -0.4 is 20.2 Å².